The van der Waals surface area contributed by atoms with Crippen molar-refractivity contribution in [1.29, 1.82) is 0 Å². The molecule has 1 amide bonds. The number of methoxy groups -OCH3 is 2. The Labute approximate surface area is 120 Å². The molecule has 20 heavy (non-hydrogen) atoms. The van der Waals surface area contributed by atoms with Crippen LogP contribution in [-0.2, 0) is 9.47 Å². The second kappa shape index (κ2) is 9.28. The molecule has 0 unspecified atom stereocenters. The van der Waals surface area contributed by atoms with Crippen molar-refractivity contribution < 1.29 is 14.3 Å². The summed E-state index contributed by atoms with van der Waals surface area (Å²) in [5.74, 6) is 0.706. The Hall–Kier alpha value is -1.66. The topological polar surface area (TPSA) is 63.7 Å². The third kappa shape index (κ3) is 5.14. The Balaban J connectivity index is 2.68. The molecule has 1 aromatic rings. The maximum atomic E-state index is 12.4. The Kier molecular flexibility index (Phi) is 7.60. The molecule has 0 spiro atoms. The molecule has 0 bridgehead atoms. The van der Waals surface area contributed by atoms with Crippen LogP contribution in [0.1, 0.15) is 16.8 Å². The van der Waals surface area contributed by atoms with Crippen LogP contribution < -0.4 is 5.32 Å². The first-order valence-corrected chi connectivity index (χ1v) is 6.64. The van der Waals surface area contributed by atoms with E-state index in [1.165, 1.54) is 0 Å². The van der Waals surface area contributed by atoms with Gasteiger partial charge in [-0.25, -0.2) is 4.98 Å². The van der Waals surface area contributed by atoms with Gasteiger partial charge in [0.05, 0.1) is 12.2 Å². The zero-order valence-corrected chi connectivity index (χ0v) is 12.4. The fourth-order valence-corrected chi connectivity index (χ4v) is 1.77. The second-order valence-corrected chi connectivity index (χ2v) is 4.31. The molecule has 0 aromatic carbocycles. The highest BCUT2D eigenvalue weighted by Gasteiger charge is 2.15. The minimum Gasteiger partial charge on any atom is -0.385 e. The minimum absolute atomic E-state index is 0.0340. The van der Waals surface area contributed by atoms with Crippen LogP contribution in [0.25, 0.3) is 0 Å². The molecule has 112 valence electrons. The van der Waals surface area contributed by atoms with Crippen molar-refractivity contribution in [3.05, 3.63) is 23.9 Å². The lowest BCUT2D eigenvalue weighted by Gasteiger charge is -2.22. The second-order valence-electron chi connectivity index (χ2n) is 4.31. The first kappa shape index (κ1) is 16.4. The molecule has 0 atom stereocenters. The fourth-order valence-electron chi connectivity index (χ4n) is 1.77. The van der Waals surface area contributed by atoms with Crippen molar-refractivity contribution in [2.24, 2.45) is 0 Å². The highest BCUT2D eigenvalue weighted by atomic mass is 16.5. The number of aromatic nitrogens is 1. The predicted octanol–water partition coefficient (Wildman–Crippen LogP) is 1.25. The van der Waals surface area contributed by atoms with Gasteiger partial charge < -0.3 is 19.7 Å². The predicted molar refractivity (Wildman–Crippen MR) is 78.1 cm³/mol. The van der Waals surface area contributed by atoms with Gasteiger partial charge in [-0.2, -0.15) is 0 Å². The molecule has 6 heteroatoms. The van der Waals surface area contributed by atoms with Gasteiger partial charge in [0.25, 0.3) is 5.91 Å². The molecule has 0 saturated heterocycles. The molecular weight excluding hydrogens is 258 g/mol. The van der Waals surface area contributed by atoms with Crippen LogP contribution in [-0.4, -0.2) is 63.4 Å². The highest BCUT2D eigenvalue weighted by molar-refractivity contribution is 5.94. The van der Waals surface area contributed by atoms with E-state index in [0.29, 0.717) is 31.9 Å². The van der Waals surface area contributed by atoms with Gasteiger partial charge >= 0.3 is 0 Å². The molecule has 0 aliphatic rings. The van der Waals surface area contributed by atoms with Crippen LogP contribution >= 0.6 is 0 Å². The molecule has 1 N–H and O–H groups in total. The summed E-state index contributed by atoms with van der Waals surface area (Å²) in [6.07, 6.45) is 2.39. The Morgan fingerprint density at radius 1 is 1.25 bits per heavy atom. The normalized spacial score (nSPS) is 10.3. The van der Waals surface area contributed by atoms with Gasteiger partial charge in [-0.3, -0.25) is 4.79 Å². The van der Waals surface area contributed by atoms with Crippen LogP contribution in [0.15, 0.2) is 18.3 Å². The van der Waals surface area contributed by atoms with Crippen molar-refractivity contribution in [1.82, 2.24) is 9.88 Å². The Bertz CT molecular complexity index is 395. The number of amides is 1. The zero-order valence-electron chi connectivity index (χ0n) is 12.4. The first-order chi connectivity index (χ1) is 9.72. The molecule has 0 fully saturated rings. The van der Waals surface area contributed by atoms with E-state index in [4.69, 9.17) is 9.47 Å². The zero-order chi connectivity index (χ0) is 14.8. The molecule has 1 heterocycles. The third-order valence-electron chi connectivity index (χ3n) is 2.90. The van der Waals surface area contributed by atoms with Gasteiger partial charge in [-0.05, 0) is 18.6 Å². The summed E-state index contributed by atoms with van der Waals surface area (Å²) in [6, 6.07) is 3.56. The summed E-state index contributed by atoms with van der Waals surface area (Å²) in [7, 11) is 5.07. The van der Waals surface area contributed by atoms with E-state index in [0.717, 1.165) is 12.2 Å². The van der Waals surface area contributed by atoms with Gasteiger partial charge in [0.15, 0.2) is 0 Å². The average molecular weight is 281 g/mol. The third-order valence-corrected chi connectivity index (χ3v) is 2.90. The van der Waals surface area contributed by atoms with Gasteiger partial charge in [0, 0.05) is 47.2 Å². The lowest BCUT2D eigenvalue weighted by atomic mass is 10.2. The van der Waals surface area contributed by atoms with Crippen LogP contribution in [0.3, 0.4) is 0 Å². The van der Waals surface area contributed by atoms with Crippen molar-refractivity contribution in [3.8, 4) is 0 Å². The number of ether oxygens (including phenoxy) is 2. The largest absolute Gasteiger partial charge is 0.385 e. The number of hydrogen-bond donors (Lipinski definition) is 1. The van der Waals surface area contributed by atoms with Gasteiger partial charge in [-0.15, -0.1) is 0 Å². The van der Waals surface area contributed by atoms with Crippen LogP contribution in [0.5, 0.6) is 0 Å². The summed E-state index contributed by atoms with van der Waals surface area (Å²) >= 11 is 0. The molecule has 1 aromatic heterocycles. The van der Waals surface area contributed by atoms with Crippen molar-refractivity contribution in [3.63, 3.8) is 0 Å². The van der Waals surface area contributed by atoms with E-state index < -0.39 is 0 Å². The number of hydrogen-bond acceptors (Lipinski definition) is 5. The van der Waals surface area contributed by atoms with E-state index in [9.17, 15) is 4.79 Å². The highest BCUT2D eigenvalue weighted by Crippen LogP contribution is 2.08. The van der Waals surface area contributed by atoms with E-state index in [-0.39, 0.29) is 5.91 Å². The van der Waals surface area contributed by atoms with Crippen molar-refractivity contribution >= 4 is 11.7 Å². The molecule has 0 radical (unpaired) electrons. The molecule has 0 saturated carbocycles. The Morgan fingerprint density at radius 2 is 2.00 bits per heavy atom. The van der Waals surface area contributed by atoms with Crippen LogP contribution in [0, 0.1) is 0 Å². The molecule has 1 rings (SSSR count). The number of carbonyl (C=O) groups is 1. The summed E-state index contributed by atoms with van der Waals surface area (Å²) in [5.41, 5.74) is 0.581. The maximum Gasteiger partial charge on any atom is 0.255 e. The SMILES string of the molecule is CNc1ccc(C(=O)N(CCCOC)CCOC)cn1. The standard InChI is InChI=1S/C14H23N3O3/c1-15-13-6-5-12(11-16-13)14(18)17(8-10-20-3)7-4-9-19-2/h5-6,11H,4,7-10H2,1-3H3,(H,15,16). The summed E-state index contributed by atoms with van der Waals surface area (Å²) in [4.78, 5) is 18.3. The Morgan fingerprint density at radius 3 is 2.55 bits per heavy atom. The van der Waals surface area contributed by atoms with Crippen molar-refractivity contribution in [2.75, 3.05) is 52.9 Å². The summed E-state index contributed by atoms with van der Waals surface area (Å²) in [5, 5.41) is 2.93. The number of pyridine rings is 1. The fraction of sp³-hybridized carbons (Fsp3) is 0.571. The van der Waals surface area contributed by atoms with E-state index >= 15 is 0 Å². The molecule has 0 aliphatic carbocycles. The van der Waals surface area contributed by atoms with Gasteiger partial charge in [0.2, 0.25) is 0 Å². The maximum absolute atomic E-state index is 12.4. The molecule has 0 aliphatic heterocycles. The van der Waals surface area contributed by atoms with Gasteiger partial charge in [0.1, 0.15) is 5.82 Å². The number of anilines is 1. The number of nitrogens with one attached hydrogen (secondary N) is 1. The summed E-state index contributed by atoms with van der Waals surface area (Å²) in [6.45, 7) is 2.35. The lowest BCUT2D eigenvalue weighted by molar-refractivity contribution is 0.0674. The number of rotatable bonds is 9. The molecular formula is C14H23N3O3. The molecule has 6 nitrogen and oxygen atoms in total. The lowest BCUT2D eigenvalue weighted by Crippen LogP contribution is -2.35. The van der Waals surface area contributed by atoms with Gasteiger partial charge in [-0.1, -0.05) is 0 Å². The smallest absolute Gasteiger partial charge is 0.255 e. The first-order valence-electron chi connectivity index (χ1n) is 6.64. The average Bonchev–Trinajstić information content (AvgIpc) is 2.50. The van der Waals surface area contributed by atoms with E-state index in [1.54, 1.807) is 44.5 Å². The number of nitrogens with zero attached hydrogens (tertiary/aromatic N) is 2. The van der Waals surface area contributed by atoms with E-state index in [1.807, 2.05) is 0 Å². The van der Waals surface area contributed by atoms with Crippen LogP contribution in [0.4, 0.5) is 5.82 Å². The summed E-state index contributed by atoms with van der Waals surface area (Å²) < 4.78 is 10.1. The quantitative estimate of drug-likeness (QED) is 0.690. The van der Waals surface area contributed by atoms with Crippen LogP contribution in [0.2, 0.25) is 0 Å². The van der Waals surface area contributed by atoms with Crippen molar-refractivity contribution in [2.45, 2.75) is 6.42 Å². The monoisotopic (exact) mass is 281 g/mol. The number of carbonyl (C=O) groups excluding carboxylic acids is 1. The van der Waals surface area contributed by atoms with E-state index in [2.05, 4.69) is 10.3 Å². The minimum atomic E-state index is -0.0340.